The second kappa shape index (κ2) is 6.09. The number of benzene rings is 1. The molecule has 0 radical (unpaired) electrons. The Kier molecular flexibility index (Phi) is 6.38. The zero-order valence-electron chi connectivity index (χ0n) is 6.00. The number of rotatable bonds is 2. The third-order valence-corrected chi connectivity index (χ3v) is 1.40. The van der Waals surface area contributed by atoms with Crippen LogP contribution in [0.4, 0.5) is 0 Å². The van der Waals surface area contributed by atoms with Gasteiger partial charge in [0.05, 0.1) is 0 Å². The third kappa shape index (κ3) is 4.18. The fourth-order valence-corrected chi connectivity index (χ4v) is 0.935. The quantitative estimate of drug-likeness (QED) is 0.484. The van der Waals surface area contributed by atoms with Gasteiger partial charge in [-0.15, -0.1) is 0 Å². The summed E-state index contributed by atoms with van der Waals surface area (Å²) in [5.74, 6) is 0. The maximum absolute atomic E-state index is 10.1. The molecule has 1 rings (SSSR count). The number of carbonyl (C=O) groups is 1. The van der Waals surface area contributed by atoms with E-state index < -0.39 is 0 Å². The fraction of sp³-hybridized carbons (Fsp3) is 0.222. The predicted octanol–water partition coefficient (Wildman–Crippen LogP) is 1.09. The van der Waals surface area contributed by atoms with Crippen LogP contribution in [0.25, 0.3) is 0 Å². The van der Waals surface area contributed by atoms with Gasteiger partial charge in [0.15, 0.2) is 0 Å². The van der Waals surface area contributed by atoms with Crippen molar-refractivity contribution in [1.29, 1.82) is 0 Å². The average molecular weight is 174 g/mol. The monoisotopic (exact) mass is 174 g/mol. The van der Waals surface area contributed by atoms with Gasteiger partial charge in [-0.2, -0.15) is 0 Å². The Morgan fingerprint density at radius 2 is 2.18 bits per heavy atom. The molecule has 0 saturated carbocycles. The number of aldehydes is 1. The van der Waals surface area contributed by atoms with E-state index >= 15 is 0 Å². The fourth-order valence-electron chi connectivity index (χ4n) is 0.935. The number of hydrogen-bond donors (Lipinski definition) is 0. The molecule has 0 amide bonds. The van der Waals surface area contributed by atoms with E-state index in [1.807, 2.05) is 31.2 Å². The molecule has 0 aliphatic heterocycles. The molecule has 0 N–H and O–H groups in total. The first-order valence-electron chi connectivity index (χ1n) is 3.32. The van der Waals surface area contributed by atoms with Gasteiger partial charge in [-0.25, -0.2) is 0 Å². The molecular weight excluding hydrogens is 163 g/mol. The van der Waals surface area contributed by atoms with E-state index in [2.05, 4.69) is 0 Å². The Labute approximate surface area is 110 Å². The zero-order chi connectivity index (χ0) is 7.40. The summed E-state index contributed by atoms with van der Waals surface area (Å²) in [6, 6.07) is 7.97. The summed E-state index contributed by atoms with van der Waals surface area (Å²) in [5, 5.41) is 0. The van der Waals surface area contributed by atoms with Gasteiger partial charge in [-0.05, 0) is 12.5 Å². The Balaban J connectivity index is 0.000001000. The summed E-state index contributed by atoms with van der Waals surface area (Å²) in [6.07, 6.45) is 1.45. The van der Waals surface area contributed by atoms with Crippen LogP contribution in [-0.4, -0.2) is 57.7 Å². The third-order valence-electron chi connectivity index (χ3n) is 1.40. The van der Waals surface area contributed by atoms with Gasteiger partial charge in [0, 0.05) is 6.42 Å². The van der Waals surface area contributed by atoms with Crippen LogP contribution in [-0.2, 0) is 11.2 Å². The van der Waals surface area contributed by atoms with Crippen LogP contribution in [0.3, 0.4) is 0 Å². The summed E-state index contributed by atoms with van der Waals surface area (Å²) in [7, 11) is 0. The van der Waals surface area contributed by atoms with E-state index in [1.54, 1.807) is 0 Å². The van der Waals surface area contributed by atoms with Gasteiger partial charge >= 0.3 is 51.4 Å². The summed E-state index contributed by atoms with van der Waals surface area (Å²) in [6.45, 7) is 2.02. The predicted molar refractivity (Wildman–Crippen MR) is 48.1 cm³/mol. The van der Waals surface area contributed by atoms with Crippen molar-refractivity contribution in [1.82, 2.24) is 0 Å². The van der Waals surface area contributed by atoms with Crippen molar-refractivity contribution in [2.24, 2.45) is 0 Å². The Hall–Kier alpha value is 0.526. The van der Waals surface area contributed by atoms with E-state index in [1.165, 1.54) is 5.56 Å². The molecule has 0 aliphatic rings. The molecule has 0 aliphatic carbocycles. The van der Waals surface area contributed by atoms with E-state index in [0.717, 1.165) is 11.8 Å². The van der Waals surface area contributed by atoms with Gasteiger partial charge in [-0.1, -0.05) is 29.8 Å². The molecule has 1 aromatic carbocycles. The average Bonchev–Trinajstić information content (AvgIpc) is 1.88. The van der Waals surface area contributed by atoms with E-state index in [-0.39, 0.29) is 51.4 Å². The van der Waals surface area contributed by atoms with Crippen molar-refractivity contribution >= 4 is 57.7 Å². The molecule has 1 nitrogen and oxygen atoms in total. The van der Waals surface area contributed by atoms with Crippen LogP contribution >= 0.6 is 0 Å². The number of aryl methyl sites for hydroxylation is 1. The molecule has 0 heterocycles. The second-order valence-corrected chi connectivity index (χ2v) is 2.36. The van der Waals surface area contributed by atoms with Crippen LogP contribution < -0.4 is 0 Å². The molecule has 11 heavy (non-hydrogen) atoms. The maximum atomic E-state index is 10.1. The van der Waals surface area contributed by atoms with E-state index in [0.29, 0.717) is 6.42 Å². The Morgan fingerprint density at radius 1 is 1.45 bits per heavy atom. The Morgan fingerprint density at radius 3 is 2.73 bits per heavy atom. The van der Waals surface area contributed by atoms with Crippen LogP contribution in [0.1, 0.15) is 11.1 Å². The van der Waals surface area contributed by atoms with Crippen molar-refractivity contribution in [2.75, 3.05) is 0 Å². The zero-order valence-corrected chi connectivity index (χ0v) is 6.00. The minimum absolute atomic E-state index is 0. The van der Waals surface area contributed by atoms with Crippen molar-refractivity contribution in [3.63, 3.8) is 0 Å². The first-order chi connectivity index (χ1) is 4.83. The summed E-state index contributed by atoms with van der Waals surface area (Å²) >= 11 is 0. The van der Waals surface area contributed by atoms with E-state index in [4.69, 9.17) is 0 Å². The van der Waals surface area contributed by atoms with Gasteiger partial charge in [0.25, 0.3) is 0 Å². The molecule has 2 heteroatoms. The summed E-state index contributed by atoms with van der Waals surface area (Å²) < 4.78 is 0. The standard InChI is InChI=1S/C9H10O.K.H/c1-8-3-2-4-9(7-8)5-6-10;;/h2-4,6-7H,5H2,1H3;;. The minimum atomic E-state index is 0. The van der Waals surface area contributed by atoms with Gasteiger partial charge < -0.3 is 4.79 Å². The first-order valence-corrected chi connectivity index (χ1v) is 3.32. The SMILES string of the molecule is Cc1cccc(CC=O)c1.[KH]. The molecule has 1 aromatic rings. The Bertz CT molecular complexity index is 233. The molecule has 0 atom stereocenters. The van der Waals surface area contributed by atoms with Crippen LogP contribution in [0.2, 0.25) is 0 Å². The molecule has 0 saturated heterocycles. The molecular formula is C9H11KO. The van der Waals surface area contributed by atoms with Crippen molar-refractivity contribution in [3.8, 4) is 0 Å². The van der Waals surface area contributed by atoms with Crippen LogP contribution in [0, 0.1) is 6.92 Å². The van der Waals surface area contributed by atoms with Gasteiger partial charge in [-0.3, -0.25) is 0 Å². The second-order valence-electron chi connectivity index (χ2n) is 2.36. The molecule has 0 spiro atoms. The van der Waals surface area contributed by atoms with Crippen molar-refractivity contribution < 1.29 is 4.79 Å². The molecule has 0 fully saturated rings. The van der Waals surface area contributed by atoms with E-state index in [9.17, 15) is 4.79 Å². The summed E-state index contributed by atoms with van der Waals surface area (Å²) in [5.41, 5.74) is 2.30. The number of hydrogen-bond acceptors (Lipinski definition) is 1. The molecule has 0 aromatic heterocycles. The van der Waals surface area contributed by atoms with Crippen LogP contribution in [0.5, 0.6) is 0 Å². The molecule has 0 bridgehead atoms. The topological polar surface area (TPSA) is 17.1 Å². The van der Waals surface area contributed by atoms with Gasteiger partial charge in [0.2, 0.25) is 0 Å². The molecule has 0 unspecified atom stereocenters. The molecule has 54 valence electrons. The normalized spacial score (nSPS) is 8.45. The van der Waals surface area contributed by atoms with Crippen LogP contribution in [0.15, 0.2) is 24.3 Å². The first kappa shape index (κ1) is 11.5. The number of carbonyl (C=O) groups excluding carboxylic acids is 1. The summed E-state index contributed by atoms with van der Waals surface area (Å²) in [4.78, 5) is 10.1. The van der Waals surface area contributed by atoms with Crippen molar-refractivity contribution in [2.45, 2.75) is 13.3 Å². The van der Waals surface area contributed by atoms with Gasteiger partial charge in [0.1, 0.15) is 6.29 Å². The van der Waals surface area contributed by atoms with Crippen molar-refractivity contribution in [3.05, 3.63) is 35.4 Å².